The molecule has 2 heterocycles. The molecule has 1 saturated carbocycles. The Morgan fingerprint density at radius 1 is 1.08 bits per heavy atom. The van der Waals surface area contributed by atoms with Crippen molar-refractivity contribution < 1.29 is 13.2 Å². The van der Waals surface area contributed by atoms with Crippen molar-refractivity contribution in [2.75, 3.05) is 12.3 Å². The van der Waals surface area contributed by atoms with E-state index in [1.54, 1.807) is 12.4 Å². The number of fused-ring (bicyclic) bond motifs is 1. The average Bonchev–Trinajstić information content (AvgIpc) is 2.62. The van der Waals surface area contributed by atoms with Gasteiger partial charge in [-0.2, -0.15) is 0 Å². The van der Waals surface area contributed by atoms with Crippen molar-refractivity contribution in [2.24, 2.45) is 9.39 Å². The second-order valence-electron chi connectivity index (χ2n) is 6.57. The highest BCUT2D eigenvalue weighted by molar-refractivity contribution is 7.90. The molecular formula is C18H21N3O3S. The number of hydrogen-bond donors (Lipinski definition) is 0. The van der Waals surface area contributed by atoms with Crippen molar-refractivity contribution in [2.45, 2.75) is 38.2 Å². The standard InChI is InChI=1S/C18H21N3O3S/c22-25(23)13-12-21-11-10-19-17(18(21)20-25)14-6-8-16(9-7-14)24-15-4-2-1-3-5-15/h6-11,15H,1-5,12-13H2. The van der Waals surface area contributed by atoms with Gasteiger partial charge < -0.3 is 9.64 Å². The van der Waals surface area contributed by atoms with Gasteiger partial charge in [0.05, 0.1) is 11.9 Å². The van der Waals surface area contributed by atoms with Gasteiger partial charge >= 0.3 is 0 Å². The van der Waals surface area contributed by atoms with E-state index in [1.165, 1.54) is 19.3 Å². The molecule has 7 heteroatoms. The van der Waals surface area contributed by atoms with Gasteiger partial charge in [0.15, 0.2) is 5.84 Å². The number of amidine groups is 1. The minimum atomic E-state index is -3.41. The molecule has 1 aromatic carbocycles. The minimum absolute atomic E-state index is 0.0300. The summed E-state index contributed by atoms with van der Waals surface area (Å²) in [5.74, 6) is 1.27. The molecule has 0 bridgehead atoms. The van der Waals surface area contributed by atoms with Crippen LogP contribution in [-0.2, 0) is 10.0 Å². The van der Waals surface area contributed by atoms with Crippen LogP contribution in [0.25, 0.3) is 0 Å². The molecular weight excluding hydrogens is 338 g/mol. The summed E-state index contributed by atoms with van der Waals surface area (Å²) in [6.45, 7) is 0.402. The first kappa shape index (κ1) is 16.3. The molecule has 0 atom stereocenters. The third-order valence-electron chi connectivity index (χ3n) is 4.73. The van der Waals surface area contributed by atoms with Crippen LogP contribution in [0.15, 0.2) is 46.1 Å². The SMILES string of the molecule is O=S1(=O)CCN2C=CN=C(c3ccc(OC4CCCCC4)cc3)C2=N1. The molecule has 132 valence electrons. The Bertz CT molecular complexity index is 835. The van der Waals surface area contributed by atoms with E-state index in [2.05, 4.69) is 9.39 Å². The summed E-state index contributed by atoms with van der Waals surface area (Å²) in [4.78, 5) is 6.18. The van der Waals surface area contributed by atoms with E-state index in [4.69, 9.17) is 4.74 Å². The van der Waals surface area contributed by atoms with Gasteiger partial charge in [-0.05, 0) is 49.9 Å². The van der Waals surface area contributed by atoms with Crippen LogP contribution in [0, 0.1) is 0 Å². The predicted octanol–water partition coefficient (Wildman–Crippen LogP) is 2.72. The van der Waals surface area contributed by atoms with Crippen LogP contribution in [0.1, 0.15) is 37.7 Å². The van der Waals surface area contributed by atoms with Crippen molar-refractivity contribution in [3.05, 3.63) is 42.2 Å². The summed E-state index contributed by atoms with van der Waals surface area (Å²) in [5, 5.41) is 0. The number of ether oxygens (including phenoxy) is 1. The van der Waals surface area contributed by atoms with Crippen LogP contribution in [0.4, 0.5) is 0 Å². The lowest BCUT2D eigenvalue weighted by Crippen LogP contribution is -2.42. The molecule has 1 fully saturated rings. The third-order valence-corrected chi connectivity index (χ3v) is 5.88. The van der Waals surface area contributed by atoms with Gasteiger partial charge in [-0.15, -0.1) is 4.40 Å². The summed E-state index contributed by atoms with van der Waals surface area (Å²) in [6, 6.07) is 7.68. The fourth-order valence-electron chi connectivity index (χ4n) is 3.39. The van der Waals surface area contributed by atoms with E-state index in [9.17, 15) is 8.42 Å². The highest BCUT2D eigenvalue weighted by Gasteiger charge is 2.28. The first-order valence-electron chi connectivity index (χ1n) is 8.72. The number of rotatable bonds is 3. The molecule has 1 aromatic rings. The van der Waals surface area contributed by atoms with Crippen molar-refractivity contribution in [1.82, 2.24) is 4.90 Å². The highest BCUT2D eigenvalue weighted by atomic mass is 32.2. The number of benzene rings is 1. The predicted molar refractivity (Wildman–Crippen MR) is 97.5 cm³/mol. The molecule has 4 rings (SSSR count). The van der Waals surface area contributed by atoms with Crippen LogP contribution >= 0.6 is 0 Å². The fourth-order valence-corrected chi connectivity index (χ4v) is 4.36. The maximum Gasteiger partial charge on any atom is 0.256 e. The van der Waals surface area contributed by atoms with Gasteiger partial charge in [-0.3, -0.25) is 4.99 Å². The van der Waals surface area contributed by atoms with Crippen LogP contribution < -0.4 is 4.74 Å². The largest absolute Gasteiger partial charge is 0.490 e. The third kappa shape index (κ3) is 3.61. The number of nitrogens with zero attached hydrogens (tertiary/aromatic N) is 3. The first-order valence-corrected chi connectivity index (χ1v) is 10.3. The zero-order valence-electron chi connectivity index (χ0n) is 14.0. The quantitative estimate of drug-likeness (QED) is 0.832. The molecule has 0 N–H and O–H groups in total. The molecule has 0 saturated heterocycles. The Morgan fingerprint density at radius 3 is 2.60 bits per heavy atom. The Balaban J connectivity index is 1.56. The molecule has 25 heavy (non-hydrogen) atoms. The van der Waals surface area contributed by atoms with E-state index in [-0.39, 0.29) is 5.75 Å². The molecule has 0 spiro atoms. The molecule has 6 nitrogen and oxygen atoms in total. The minimum Gasteiger partial charge on any atom is -0.490 e. The van der Waals surface area contributed by atoms with E-state index < -0.39 is 10.0 Å². The Kier molecular flexibility index (Phi) is 4.33. The lowest BCUT2D eigenvalue weighted by atomic mass is 9.98. The summed E-state index contributed by atoms with van der Waals surface area (Å²) in [5.41, 5.74) is 1.41. The molecule has 0 aromatic heterocycles. The molecule has 3 aliphatic rings. The maximum absolute atomic E-state index is 11.8. The summed E-state index contributed by atoms with van der Waals surface area (Å²) < 4.78 is 33.6. The zero-order chi connectivity index (χ0) is 17.3. The topological polar surface area (TPSA) is 71.3 Å². The van der Waals surface area contributed by atoms with E-state index >= 15 is 0 Å². The fraction of sp³-hybridized carbons (Fsp3) is 0.444. The Hall–Kier alpha value is -2.15. The van der Waals surface area contributed by atoms with Gasteiger partial charge in [0.1, 0.15) is 11.5 Å². The Morgan fingerprint density at radius 2 is 1.84 bits per heavy atom. The average molecular weight is 359 g/mol. The van der Waals surface area contributed by atoms with Crippen LogP contribution in [0.2, 0.25) is 0 Å². The molecule has 2 aliphatic heterocycles. The van der Waals surface area contributed by atoms with Crippen LogP contribution in [-0.4, -0.2) is 43.3 Å². The van der Waals surface area contributed by atoms with Crippen molar-refractivity contribution >= 4 is 21.6 Å². The van der Waals surface area contributed by atoms with Gasteiger partial charge in [0.25, 0.3) is 10.0 Å². The van der Waals surface area contributed by atoms with Crippen LogP contribution in [0.3, 0.4) is 0 Å². The van der Waals surface area contributed by atoms with Gasteiger partial charge in [0, 0.05) is 24.5 Å². The van der Waals surface area contributed by atoms with Gasteiger partial charge in [0.2, 0.25) is 0 Å². The smallest absolute Gasteiger partial charge is 0.256 e. The van der Waals surface area contributed by atoms with Crippen LogP contribution in [0.5, 0.6) is 5.75 Å². The molecule has 0 unspecified atom stereocenters. The number of aliphatic imine (C=N–C) groups is 1. The van der Waals surface area contributed by atoms with E-state index in [1.807, 2.05) is 29.2 Å². The van der Waals surface area contributed by atoms with Crippen molar-refractivity contribution in [3.63, 3.8) is 0 Å². The van der Waals surface area contributed by atoms with E-state index in [0.29, 0.717) is 24.2 Å². The second kappa shape index (κ2) is 6.63. The zero-order valence-corrected chi connectivity index (χ0v) is 14.8. The lowest BCUT2D eigenvalue weighted by molar-refractivity contribution is 0.155. The summed E-state index contributed by atoms with van der Waals surface area (Å²) >= 11 is 0. The molecule has 1 aliphatic carbocycles. The normalized spacial score (nSPS) is 22.8. The van der Waals surface area contributed by atoms with E-state index in [0.717, 1.165) is 24.2 Å². The van der Waals surface area contributed by atoms with Crippen molar-refractivity contribution in [1.29, 1.82) is 0 Å². The monoisotopic (exact) mass is 359 g/mol. The first-order chi connectivity index (χ1) is 12.1. The summed E-state index contributed by atoms with van der Waals surface area (Å²) in [6.07, 6.45) is 9.74. The summed E-state index contributed by atoms with van der Waals surface area (Å²) in [7, 11) is -3.41. The molecule has 0 amide bonds. The Labute approximate surface area is 148 Å². The highest BCUT2D eigenvalue weighted by Crippen LogP contribution is 2.24. The molecule has 0 radical (unpaired) electrons. The second-order valence-corrected chi connectivity index (χ2v) is 8.33. The van der Waals surface area contributed by atoms with Crippen molar-refractivity contribution in [3.8, 4) is 5.75 Å². The van der Waals surface area contributed by atoms with Gasteiger partial charge in [-0.1, -0.05) is 6.42 Å². The van der Waals surface area contributed by atoms with Gasteiger partial charge in [-0.25, -0.2) is 8.42 Å². The lowest BCUT2D eigenvalue weighted by Gasteiger charge is -2.28. The maximum atomic E-state index is 11.8. The number of hydrogen-bond acceptors (Lipinski definition) is 5. The number of sulfonamides is 1.